The molecule has 1 aliphatic carbocycles. The van der Waals surface area contributed by atoms with Gasteiger partial charge < -0.3 is 19.9 Å². The van der Waals surface area contributed by atoms with Crippen LogP contribution in [0.4, 0.5) is 0 Å². The van der Waals surface area contributed by atoms with Crippen molar-refractivity contribution >= 4 is 29.9 Å². The summed E-state index contributed by atoms with van der Waals surface area (Å²) in [5.41, 5.74) is 0. The molecule has 1 atom stereocenters. The van der Waals surface area contributed by atoms with Gasteiger partial charge in [-0.3, -0.25) is 4.99 Å². The van der Waals surface area contributed by atoms with Gasteiger partial charge in [0.15, 0.2) is 5.96 Å². The monoisotopic (exact) mass is 478 g/mol. The van der Waals surface area contributed by atoms with E-state index in [-0.39, 0.29) is 24.0 Å². The molecule has 0 amide bonds. The fraction of sp³-hybridized carbons (Fsp3) is 0.950. The number of guanidine groups is 1. The maximum atomic E-state index is 6.20. The molecule has 2 saturated heterocycles. The van der Waals surface area contributed by atoms with E-state index in [1.807, 2.05) is 7.05 Å². The predicted octanol–water partition coefficient (Wildman–Crippen LogP) is 3.19. The maximum absolute atomic E-state index is 6.20. The standard InChI is InChI=1S/C20H38N4O.HI/c1-21-20(22-14-18-8-5-11-23(2)15-18)24-12-9-19(10-13-24)25-16-17-6-3-4-7-17;/h17-19H,3-16H2,1-2H3,(H,21,22);1H. The molecule has 5 nitrogen and oxygen atoms in total. The van der Waals surface area contributed by atoms with Crippen molar-refractivity contribution in [3.8, 4) is 0 Å². The zero-order valence-electron chi connectivity index (χ0n) is 16.8. The first kappa shape index (κ1) is 22.2. The number of nitrogens with one attached hydrogen (secondary N) is 1. The number of hydrogen-bond acceptors (Lipinski definition) is 3. The molecule has 3 fully saturated rings. The lowest BCUT2D eigenvalue weighted by molar-refractivity contribution is 0.000976. The van der Waals surface area contributed by atoms with Crippen LogP contribution in [-0.2, 0) is 4.74 Å². The lowest BCUT2D eigenvalue weighted by atomic mass is 9.98. The van der Waals surface area contributed by atoms with Crippen LogP contribution < -0.4 is 5.32 Å². The predicted molar refractivity (Wildman–Crippen MR) is 120 cm³/mol. The van der Waals surface area contributed by atoms with Crippen LogP contribution in [0.2, 0.25) is 0 Å². The Bertz CT molecular complexity index is 420. The van der Waals surface area contributed by atoms with E-state index in [1.54, 1.807) is 0 Å². The van der Waals surface area contributed by atoms with Crippen LogP contribution in [0.3, 0.4) is 0 Å². The topological polar surface area (TPSA) is 40.1 Å². The first-order valence-electron chi connectivity index (χ1n) is 10.5. The van der Waals surface area contributed by atoms with Crippen molar-refractivity contribution in [1.29, 1.82) is 0 Å². The summed E-state index contributed by atoms with van der Waals surface area (Å²) in [5.74, 6) is 2.67. The molecular formula is C20H39IN4O. The Morgan fingerprint density at radius 2 is 1.69 bits per heavy atom. The minimum absolute atomic E-state index is 0. The lowest BCUT2D eigenvalue weighted by Crippen LogP contribution is -2.49. The molecule has 1 saturated carbocycles. The number of ether oxygens (including phenoxy) is 1. The molecule has 3 aliphatic rings. The van der Waals surface area contributed by atoms with Gasteiger partial charge in [0.25, 0.3) is 0 Å². The van der Waals surface area contributed by atoms with Gasteiger partial charge in [0.05, 0.1) is 6.10 Å². The average molecular weight is 478 g/mol. The Kier molecular flexibility index (Phi) is 9.99. The van der Waals surface area contributed by atoms with E-state index in [4.69, 9.17) is 4.74 Å². The van der Waals surface area contributed by atoms with Crippen LogP contribution in [0.15, 0.2) is 4.99 Å². The van der Waals surface area contributed by atoms with Gasteiger partial charge in [0.1, 0.15) is 0 Å². The van der Waals surface area contributed by atoms with E-state index in [0.29, 0.717) is 6.10 Å². The van der Waals surface area contributed by atoms with Gasteiger partial charge in [-0.1, -0.05) is 12.8 Å². The molecular weight excluding hydrogens is 439 g/mol. The first-order chi connectivity index (χ1) is 12.2. The quantitative estimate of drug-likeness (QED) is 0.375. The van der Waals surface area contributed by atoms with Gasteiger partial charge in [0.2, 0.25) is 0 Å². The van der Waals surface area contributed by atoms with Crippen LogP contribution >= 0.6 is 24.0 Å². The maximum Gasteiger partial charge on any atom is 0.193 e. The zero-order valence-corrected chi connectivity index (χ0v) is 19.1. The molecule has 0 aromatic rings. The first-order valence-corrected chi connectivity index (χ1v) is 10.5. The SMILES string of the molecule is CN=C(NCC1CCCN(C)C1)N1CCC(OCC2CCCC2)CC1.I. The summed E-state index contributed by atoms with van der Waals surface area (Å²) in [7, 11) is 4.15. The van der Waals surface area contributed by atoms with E-state index >= 15 is 0 Å². The Morgan fingerprint density at radius 1 is 1.00 bits per heavy atom. The largest absolute Gasteiger partial charge is 0.378 e. The number of likely N-dealkylation sites (tertiary alicyclic amines) is 2. The van der Waals surface area contributed by atoms with Crippen molar-refractivity contribution in [1.82, 2.24) is 15.1 Å². The summed E-state index contributed by atoms with van der Waals surface area (Å²) in [6.07, 6.45) is 11.0. The van der Waals surface area contributed by atoms with Crippen LogP contribution in [0.25, 0.3) is 0 Å². The van der Waals surface area contributed by atoms with Gasteiger partial charge in [0, 0.05) is 39.8 Å². The molecule has 6 heteroatoms. The van der Waals surface area contributed by atoms with Crippen molar-refractivity contribution in [3.63, 3.8) is 0 Å². The smallest absolute Gasteiger partial charge is 0.193 e. The second-order valence-electron chi connectivity index (χ2n) is 8.37. The molecule has 1 N–H and O–H groups in total. The Labute approximate surface area is 177 Å². The van der Waals surface area contributed by atoms with Crippen molar-refractivity contribution in [2.75, 3.05) is 53.4 Å². The molecule has 0 spiro atoms. The Morgan fingerprint density at radius 3 is 2.35 bits per heavy atom. The highest BCUT2D eigenvalue weighted by Gasteiger charge is 2.24. The molecule has 2 heterocycles. The second-order valence-corrected chi connectivity index (χ2v) is 8.37. The van der Waals surface area contributed by atoms with Crippen molar-refractivity contribution in [2.45, 2.75) is 57.5 Å². The number of halogens is 1. The molecule has 0 aromatic heterocycles. The summed E-state index contributed by atoms with van der Waals surface area (Å²) < 4.78 is 6.20. The number of rotatable bonds is 5. The minimum atomic E-state index is 0. The third kappa shape index (κ3) is 6.82. The summed E-state index contributed by atoms with van der Waals surface area (Å²) in [6.45, 7) is 6.64. The highest BCUT2D eigenvalue weighted by atomic mass is 127. The van der Waals surface area contributed by atoms with E-state index in [0.717, 1.165) is 56.9 Å². The second kappa shape index (κ2) is 11.7. The normalized spacial score (nSPS) is 26.8. The third-order valence-corrected chi connectivity index (χ3v) is 6.27. The van der Waals surface area contributed by atoms with Crippen molar-refractivity contribution in [3.05, 3.63) is 0 Å². The molecule has 26 heavy (non-hydrogen) atoms. The number of hydrogen-bond donors (Lipinski definition) is 1. The Balaban J connectivity index is 0.00000243. The van der Waals surface area contributed by atoms with Crippen molar-refractivity contribution < 1.29 is 4.74 Å². The van der Waals surface area contributed by atoms with Crippen LogP contribution in [0, 0.1) is 11.8 Å². The van der Waals surface area contributed by atoms with Crippen LogP contribution in [0.5, 0.6) is 0 Å². The van der Waals surface area contributed by atoms with Gasteiger partial charge in [-0.2, -0.15) is 0 Å². The number of nitrogens with zero attached hydrogens (tertiary/aromatic N) is 3. The highest BCUT2D eigenvalue weighted by Crippen LogP contribution is 2.26. The zero-order chi connectivity index (χ0) is 17.5. The molecule has 0 radical (unpaired) electrons. The summed E-state index contributed by atoms with van der Waals surface area (Å²) in [6, 6.07) is 0. The fourth-order valence-electron chi connectivity index (χ4n) is 4.69. The summed E-state index contributed by atoms with van der Waals surface area (Å²) in [5, 5.41) is 3.63. The van der Waals surface area contributed by atoms with Gasteiger partial charge in [-0.15, -0.1) is 24.0 Å². The van der Waals surface area contributed by atoms with E-state index in [1.165, 1.54) is 51.6 Å². The minimum Gasteiger partial charge on any atom is -0.378 e. The molecule has 0 aromatic carbocycles. The fourth-order valence-corrected chi connectivity index (χ4v) is 4.69. The number of piperidine rings is 2. The highest BCUT2D eigenvalue weighted by molar-refractivity contribution is 14.0. The van der Waals surface area contributed by atoms with Crippen LogP contribution in [0.1, 0.15) is 51.4 Å². The van der Waals surface area contributed by atoms with E-state index in [2.05, 4.69) is 27.2 Å². The molecule has 0 bridgehead atoms. The van der Waals surface area contributed by atoms with Gasteiger partial charge in [-0.05, 0) is 64.0 Å². The van der Waals surface area contributed by atoms with Crippen LogP contribution in [-0.4, -0.2) is 75.3 Å². The van der Waals surface area contributed by atoms with E-state index < -0.39 is 0 Å². The molecule has 1 unspecified atom stereocenters. The Hall–Kier alpha value is -0.0800. The molecule has 152 valence electrons. The average Bonchev–Trinajstić information content (AvgIpc) is 3.15. The van der Waals surface area contributed by atoms with Gasteiger partial charge in [-0.25, -0.2) is 0 Å². The number of aliphatic imine (C=N–C) groups is 1. The summed E-state index contributed by atoms with van der Waals surface area (Å²) in [4.78, 5) is 9.40. The van der Waals surface area contributed by atoms with E-state index in [9.17, 15) is 0 Å². The van der Waals surface area contributed by atoms with Gasteiger partial charge >= 0.3 is 0 Å². The summed E-state index contributed by atoms with van der Waals surface area (Å²) >= 11 is 0. The lowest BCUT2D eigenvalue weighted by Gasteiger charge is -2.36. The van der Waals surface area contributed by atoms with Crippen molar-refractivity contribution in [2.24, 2.45) is 16.8 Å². The molecule has 2 aliphatic heterocycles. The third-order valence-electron chi connectivity index (χ3n) is 6.27. The molecule has 3 rings (SSSR count).